The minimum absolute atomic E-state index is 0.0158. The van der Waals surface area contributed by atoms with Crippen molar-refractivity contribution in [1.82, 2.24) is 10.2 Å². The Morgan fingerprint density at radius 2 is 1.77 bits per heavy atom. The number of likely N-dealkylation sites (tertiary alicyclic amines) is 1. The van der Waals surface area contributed by atoms with E-state index in [9.17, 15) is 14.4 Å². The second-order valence-corrected chi connectivity index (χ2v) is 9.07. The van der Waals surface area contributed by atoms with E-state index in [1.54, 1.807) is 20.8 Å². The maximum atomic E-state index is 12.9. The van der Waals surface area contributed by atoms with E-state index < -0.39 is 29.7 Å². The quantitative estimate of drug-likeness (QED) is 0.504. The number of nitrogens with one attached hydrogen (secondary N) is 1. The molecule has 0 spiro atoms. The lowest BCUT2D eigenvalue weighted by Gasteiger charge is -2.34. The molecule has 30 heavy (non-hydrogen) atoms. The summed E-state index contributed by atoms with van der Waals surface area (Å²) >= 11 is 0. The van der Waals surface area contributed by atoms with Crippen molar-refractivity contribution < 1.29 is 33.3 Å². The largest absolute Gasteiger partial charge is 0.468 e. The lowest BCUT2D eigenvalue weighted by atomic mass is 9.91. The molecule has 0 saturated carbocycles. The first-order valence-corrected chi connectivity index (χ1v) is 10.6. The van der Waals surface area contributed by atoms with E-state index in [0.29, 0.717) is 26.2 Å². The molecular weight excluding hydrogens is 392 g/mol. The highest BCUT2D eigenvalue weighted by atomic mass is 16.6. The monoisotopic (exact) mass is 428 g/mol. The summed E-state index contributed by atoms with van der Waals surface area (Å²) in [5, 5.41) is 3.31. The van der Waals surface area contributed by atoms with Crippen molar-refractivity contribution in [2.75, 3.05) is 34.0 Å². The van der Waals surface area contributed by atoms with Crippen LogP contribution in [0, 0.1) is 11.8 Å². The standard InChI is InChI=1S/C21H36N2O7/c1-13-11-15(18(24)27-5)23(20(26)30-21(2,3)4)16(13)12-22-17(19(25)28-6)14-7-9-29-10-8-14/h13-17,22H,7-12H2,1-6H3/t13-,15+,16-,17-/m1/s1. The molecule has 172 valence electrons. The normalized spacial score (nSPS) is 26.2. The molecule has 1 N–H and O–H groups in total. The van der Waals surface area contributed by atoms with Gasteiger partial charge in [-0.1, -0.05) is 6.92 Å². The van der Waals surface area contributed by atoms with Crippen LogP contribution in [0.2, 0.25) is 0 Å². The fraction of sp³-hybridized carbons (Fsp3) is 0.857. The van der Waals surface area contributed by atoms with Gasteiger partial charge in [0.25, 0.3) is 0 Å². The maximum Gasteiger partial charge on any atom is 0.411 e. The van der Waals surface area contributed by atoms with Gasteiger partial charge in [0.05, 0.1) is 20.3 Å². The van der Waals surface area contributed by atoms with Gasteiger partial charge in [-0.25, -0.2) is 9.59 Å². The number of methoxy groups -OCH3 is 2. The molecule has 2 aliphatic heterocycles. The molecule has 4 atom stereocenters. The minimum Gasteiger partial charge on any atom is -0.468 e. The maximum absolute atomic E-state index is 12.9. The van der Waals surface area contributed by atoms with Crippen LogP contribution in [-0.2, 0) is 28.5 Å². The molecule has 2 fully saturated rings. The molecule has 0 unspecified atom stereocenters. The molecule has 0 aromatic carbocycles. The molecule has 9 nitrogen and oxygen atoms in total. The predicted octanol–water partition coefficient (Wildman–Crippen LogP) is 1.73. The molecule has 2 rings (SSSR count). The van der Waals surface area contributed by atoms with E-state index in [1.165, 1.54) is 19.1 Å². The molecule has 9 heteroatoms. The first-order valence-electron chi connectivity index (χ1n) is 10.6. The van der Waals surface area contributed by atoms with Crippen LogP contribution in [0.3, 0.4) is 0 Å². The summed E-state index contributed by atoms with van der Waals surface area (Å²) in [6.07, 6.45) is 1.43. The van der Waals surface area contributed by atoms with Crippen molar-refractivity contribution >= 4 is 18.0 Å². The highest BCUT2D eigenvalue weighted by molar-refractivity contribution is 5.82. The molecule has 0 aromatic heterocycles. The van der Waals surface area contributed by atoms with E-state index >= 15 is 0 Å². The predicted molar refractivity (Wildman–Crippen MR) is 109 cm³/mol. The smallest absolute Gasteiger partial charge is 0.411 e. The van der Waals surface area contributed by atoms with Crippen LogP contribution in [-0.4, -0.2) is 80.6 Å². The van der Waals surface area contributed by atoms with E-state index in [4.69, 9.17) is 18.9 Å². The van der Waals surface area contributed by atoms with E-state index in [0.717, 1.165) is 12.8 Å². The first kappa shape index (κ1) is 24.4. The molecule has 0 bridgehead atoms. The Kier molecular flexibility index (Phi) is 8.49. The van der Waals surface area contributed by atoms with Crippen molar-refractivity contribution in [2.24, 2.45) is 11.8 Å². The van der Waals surface area contributed by atoms with Gasteiger partial charge in [-0.05, 0) is 51.9 Å². The molecule has 0 aliphatic carbocycles. The number of amides is 1. The fourth-order valence-corrected chi connectivity index (χ4v) is 4.22. The summed E-state index contributed by atoms with van der Waals surface area (Å²) in [5.74, 6) is -0.693. The second kappa shape index (κ2) is 10.4. The average Bonchev–Trinajstić information content (AvgIpc) is 3.03. The molecular formula is C21H36N2O7. The molecule has 2 heterocycles. The summed E-state index contributed by atoms with van der Waals surface area (Å²) in [5.41, 5.74) is -0.696. The third-order valence-electron chi connectivity index (χ3n) is 5.76. The van der Waals surface area contributed by atoms with Crippen molar-refractivity contribution in [1.29, 1.82) is 0 Å². The van der Waals surface area contributed by atoms with Crippen molar-refractivity contribution in [2.45, 2.75) is 70.7 Å². The number of rotatable bonds is 6. The van der Waals surface area contributed by atoms with Crippen LogP contribution >= 0.6 is 0 Å². The van der Waals surface area contributed by atoms with Gasteiger partial charge in [0.1, 0.15) is 17.7 Å². The topological polar surface area (TPSA) is 103 Å². The third kappa shape index (κ3) is 6.07. The van der Waals surface area contributed by atoms with Crippen LogP contribution < -0.4 is 5.32 Å². The Morgan fingerprint density at radius 3 is 2.30 bits per heavy atom. The zero-order valence-corrected chi connectivity index (χ0v) is 18.9. The molecule has 0 aromatic rings. The van der Waals surface area contributed by atoms with Crippen LogP contribution in [0.25, 0.3) is 0 Å². The van der Waals surface area contributed by atoms with Gasteiger partial charge < -0.3 is 24.3 Å². The summed E-state index contributed by atoms with van der Waals surface area (Å²) < 4.78 is 20.9. The fourth-order valence-electron chi connectivity index (χ4n) is 4.22. The summed E-state index contributed by atoms with van der Waals surface area (Å²) in [7, 11) is 2.68. The van der Waals surface area contributed by atoms with Gasteiger partial charge in [-0.2, -0.15) is 0 Å². The second-order valence-electron chi connectivity index (χ2n) is 9.07. The van der Waals surface area contributed by atoms with Gasteiger partial charge in [0.2, 0.25) is 0 Å². The van der Waals surface area contributed by atoms with Crippen molar-refractivity contribution in [3.8, 4) is 0 Å². The Morgan fingerprint density at radius 1 is 1.13 bits per heavy atom. The summed E-state index contributed by atoms with van der Waals surface area (Å²) in [6, 6.07) is -1.54. The first-order chi connectivity index (χ1) is 14.1. The number of hydrogen-bond donors (Lipinski definition) is 1. The third-order valence-corrected chi connectivity index (χ3v) is 5.76. The Hall–Kier alpha value is -1.87. The minimum atomic E-state index is -0.716. The van der Waals surface area contributed by atoms with Crippen LogP contribution in [0.15, 0.2) is 0 Å². The van der Waals surface area contributed by atoms with Crippen LogP contribution in [0.4, 0.5) is 4.79 Å². The van der Waals surface area contributed by atoms with Crippen LogP contribution in [0.1, 0.15) is 47.0 Å². The van der Waals surface area contributed by atoms with E-state index in [1.807, 2.05) is 6.92 Å². The van der Waals surface area contributed by atoms with Gasteiger partial charge in [-0.3, -0.25) is 9.69 Å². The number of carbonyl (C=O) groups excluding carboxylic acids is 3. The Labute approximate surface area is 178 Å². The zero-order valence-electron chi connectivity index (χ0n) is 18.9. The van der Waals surface area contributed by atoms with E-state index in [2.05, 4.69) is 5.32 Å². The highest BCUT2D eigenvalue weighted by Gasteiger charge is 2.47. The SMILES string of the molecule is COC(=O)[C@H](NC[C@@H]1[C@H](C)C[C@@H](C(=O)OC)N1C(=O)OC(C)(C)C)C1CCOCC1. The lowest BCUT2D eigenvalue weighted by molar-refractivity contribution is -0.147. The Balaban J connectivity index is 2.18. The van der Waals surface area contributed by atoms with E-state index in [-0.39, 0.29) is 23.8 Å². The number of esters is 2. The molecule has 1 amide bonds. The number of hydrogen-bond acceptors (Lipinski definition) is 8. The molecule has 2 saturated heterocycles. The Bertz CT molecular complexity index is 613. The lowest BCUT2D eigenvalue weighted by Crippen LogP contribution is -2.54. The van der Waals surface area contributed by atoms with Gasteiger partial charge >= 0.3 is 18.0 Å². The summed E-state index contributed by atoms with van der Waals surface area (Å²) in [4.78, 5) is 39.2. The number of carbonyl (C=O) groups is 3. The van der Waals surface area contributed by atoms with Gasteiger partial charge in [0.15, 0.2) is 0 Å². The average molecular weight is 429 g/mol. The van der Waals surface area contributed by atoms with Crippen LogP contribution in [0.5, 0.6) is 0 Å². The van der Waals surface area contributed by atoms with Crippen molar-refractivity contribution in [3.63, 3.8) is 0 Å². The number of ether oxygens (including phenoxy) is 4. The van der Waals surface area contributed by atoms with Crippen molar-refractivity contribution in [3.05, 3.63) is 0 Å². The molecule has 0 radical (unpaired) electrons. The highest BCUT2D eigenvalue weighted by Crippen LogP contribution is 2.32. The van der Waals surface area contributed by atoms with Gasteiger partial charge in [-0.15, -0.1) is 0 Å². The zero-order chi connectivity index (χ0) is 22.5. The van der Waals surface area contributed by atoms with Gasteiger partial charge in [0, 0.05) is 19.8 Å². The number of nitrogens with zero attached hydrogens (tertiary/aromatic N) is 1. The molecule has 2 aliphatic rings. The summed E-state index contributed by atoms with van der Waals surface area (Å²) in [6.45, 7) is 8.87.